The lowest BCUT2D eigenvalue weighted by atomic mass is 9.91. The zero-order valence-electron chi connectivity index (χ0n) is 10.4. The van der Waals surface area contributed by atoms with Crippen molar-refractivity contribution in [3.8, 4) is 0 Å². The van der Waals surface area contributed by atoms with Crippen molar-refractivity contribution in [2.45, 2.75) is 52.3 Å². The zero-order valence-corrected chi connectivity index (χ0v) is 12.0. The fourth-order valence-electron chi connectivity index (χ4n) is 1.97. The van der Waals surface area contributed by atoms with Crippen LogP contribution in [0.25, 0.3) is 0 Å². The summed E-state index contributed by atoms with van der Waals surface area (Å²) in [6, 6.07) is 2.29. The lowest BCUT2D eigenvalue weighted by molar-refractivity contribution is 0.818. The standard InChI is InChI=1S/C14H21Br/c1-6-13(15)8-14-11(4)9(2)7-10(3)12(14)5/h7,13H,6,8H2,1-5H3. The van der Waals surface area contributed by atoms with Crippen LogP contribution in [0.3, 0.4) is 0 Å². The van der Waals surface area contributed by atoms with Crippen molar-refractivity contribution in [1.29, 1.82) is 0 Å². The summed E-state index contributed by atoms with van der Waals surface area (Å²) < 4.78 is 0. The van der Waals surface area contributed by atoms with Crippen LogP contribution in [0.5, 0.6) is 0 Å². The van der Waals surface area contributed by atoms with E-state index < -0.39 is 0 Å². The first-order chi connectivity index (χ1) is 6.97. The highest BCUT2D eigenvalue weighted by Crippen LogP contribution is 2.25. The van der Waals surface area contributed by atoms with Crippen LogP contribution >= 0.6 is 15.9 Å². The molecule has 1 aromatic carbocycles. The van der Waals surface area contributed by atoms with Gasteiger partial charge < -0.3 is 0 Å². The molecule has 0 heterocycles. The Kier molecular flexibility index (Phi) is 4.39. The van der Waals surface area contributed by atoms with Gasteiger partial charge in [0.15, 0.2) is 0 Å². The highest BCUT2D eigenvalue weighted by Gasteiger charge is 2.11. The van der Waals surface area contributed by atoms with Gasteiger partial charge in [0, 0.05) is 4.83 Å². The van der Waals surface area contributed by atoms with Crippen LogP contribution in [-0.4, -0.2) is 4.83 Å². The van der Waals surface area contributed by atoms with Crippen molar-refractivity contribution < 1.29 is 0 Å². The van der Waals surface area contributed by atoms with Gasteiger partial charge in [-0.1, -0.05) is 28.9 Å². The molecule has 0 aliphatic rings. The molecule has 1 rings (SSSR count). The van der Waals surface area contributed by atoms with Crippen LogP contribution in [0.4, 0.5) is 0 Å². The van der Waals surface area contributed by atoms with Crippen molar-refractivity contribution in [2.24, 2.45) is 0 Å². The van der Waals surface area contributed by atoms with Gasteiger partial charge in [-0.3, -0.25) is 0 Å². The first-order valence-electron chi connectivity index (χ1n) is 5.67. The normalized spacial score (nSPS) is 12.9. The summed E-state index contributed by atoms with van der Waals surface area (Å²) in [4.78, 5) is 0.607. The summed E-state index contributed by atoms with van der Waals surface area (Å²) in [5.41, 5.74) is 7.32. The molecular formula is C14H21Br. The topological polar surface area (TPSA) is 0 Å². The third-order valence-electron chi connectivity index (χ3n) is 3.39. The Morgan fingerprint density at radius 1 is 1.07 bits per heavy atom. The minimum atomic E-state index is 0.607. The molecule has 0 spiro atoms. The van der Waals surface area contributed by atoms with Crippen LogP contribution < -0.4 is 0 Å². The van der Waals surface area contributed by atoms with E-state index in [0.29, 0.717) is 4.83 Å². The fourth-order valence-corrected chi connectivity index (χ4v) is 2.29. The first kappa shape index (κ1) is 12.8. The predicted molar refractivity (Wildman–Crippen MR) is 72.1 cm³/mol. The lowest BCUT2D eigenvalue weighted by Gasteiger charge is -2.17. The Bertz CT molecular complexity index is 327. The average Bonchev–Trinajstić information content (AvgIpc) is 2.21. The summed E-state index contributed by atoms with van der Waals surface area (Å²) in [5, 5.41) is 0. The third-order valence-corrected chi connectivity index (χ3v) is 4.36. The third kappa shape index (κ3) is 2.84. The quantitative estimate of drug-likeness (QED) is 0.701. The molecule has 84 valence electrons. The molecule has 0 fully saturated rings. The largest absolute Gasteiger partial charge is 0.0887 e. The maximum atomic E-state index is 3.73. The number of aryl methyl sites for hydroxylation is 2. The van der Waals surface area contributed by atoms with E-state index in [1.807, 2.05) is 0 Å². The van der Waals surface area contributed by atoms with Crippen LogP contribution in [0.2, 0.25) is 0 Å². The van der Waals surface area contributed by atoms with Gasteiger partial charge >= 0.3 is 0 Å². The number of hydrogen-bond donors (Lipinski definition) is 0. The van der Waals surface area contributed by atoms with Gasteiger partial charge in [-0.05, 0) is 68.4 Å². The summed E-state index contributed by atoms with van der Waals surface area (Å²) in [6.07, 6.45) is 2.34. The Hall–Kier alpha value is -0.300. The van der Waals surface area contributed by atoms with E-state index >= 15 is 0 Å². The summed E-state index contributed by atoms with van der Waals surface area (Å²) in [5.74, 6) is 0. The van der Waals surface area contributed by atoms with Crippen LogP contribution in [0, 0.1) is 27.7 Å². The van der Waals surface area contributed by atoms with Crippen LogP contribution in [-0.2, 0) is 6.42 Å². The van der Waals surface area contributed by atoms with Gasteiger partial charge in [0.1, 0.15) is 0 Å². The van der Waals surface area contributed by atoms with E-state index in [4.69, 9.17) is 0 Å². The van der Waals surface area contributed by atoms with Crippen LogP contribution in [0.1, 0.15) is 41.2 Å². The molecule has 0 saturated carbocycles. The molecule has 0 aliphatic carbocycles. The van der Waals surface area contributed by atoms with Crippen LogP contribution in [0.15, 0.2) is 6.07 Å². The molecule has 0 nitrogen and oxygen atoms in total. The molecule has 1 heteroatoms. The monoisotopic (exact) mass is 268 g/mol. The number of halogens is 1. The molecule has 0 bridgehead atoms. The lowest BCUT2D eigenvalue weighted by Crippen LogP contribution is -2.06. The molecule has 0 radical (unpaired) electrons. The van der Waals surface area contributed by atoms with Gasteiger partial charge in [-0.25, -0.2) is 0 Å². The highest BCUT2D eigenvalue weighted by atomic mass is 79.9. The second-order valence-corrected chi connectivity index (χ2v) is 5.74. The summed E-state index contributed by atoms with van der Waals surface area (Å²) >= 11 is 3.73. The molecular weight excluding hydrogens is 248 g/mol. The Balaban J connectivity index is 3.15. The maximum absolute atomic E-state index is 3.73. The van der Waals surface area contributed by atoms with Crippen molar-refractivity contribution >= 4 is 15.9 Å². The molecule has 0 amide bonds. The fraction of sp³-hybridized carbons (Fsp3) is 0.571. The highest BCUT2D eigenvalue weighted by molar-refractivity contribution is 9.09. The van der Waals surface area contributed by atoms with E-state index in [9.17, 15) is 0 Å². The first-order valence-corrected chi connectivity index (χ1v) is 6.59. The Morgan fingerprint density at radius 2 is 1.53 bits per heavy atom. The maximum Gasteiger partial charge on any atom is 0.0183 e. The Morgan fingerprint density at radius 3 is 1.93 bits per heavy atom. The van der Waals surface area contributed by atoms with Gasteiger partial charge in [-0.2, -0.15) is 0 Å². The minimum Gasteiger partial charge on any atom is -0.0887 e. The van der Waals surface area contributed by atoms with Gasteiger partial charge in [0.2, 0.25) is 0 Å². The average molecular weight is 269 g/mol. The molecule has 0 aromatic heterocycles. The Labute approximate surface area is 102 Å². The van der Waals surface area contributed by atoms with Gasteiger partial charge in [0.25, 0.3) is 0 Å². The SMILES string of the molecule is CCC(Br)Cc1c(C)c(C)cc(C)c1C. The molecule has 0 N–H and O–H groups in total. The number of rotatable bonds is 3. The van der Waals surface area contributed by atoms with Gasteiger partial charge in [-0.15, -0.1) is 0 Å². The van der Waals surface area contributed by atoms with Crippen molar-refractivity contribution in [3.05, 3.63) is 33.9 Å². The number of hydrogen-bond acceptors (Lipinski definition) is 0. The second-order valence-electron chi connectivity index (χ2n) is 4.45. The molecule has 15 heavy (non-hydrogen) atoms. The van der Waals surface area contributed by atoms with E-state index in [-0.39, 0.29) is 0 Å². The zero-order chi connectivity index (χ0) is 11.6. The summed E-state index contributed by atoms with van der Waals surface area (Å²) in [7, 11) is 0. The smallest absolute Gasteiger partial charge is 0.0183 e. The summed E-state index contributed by atoms with van der Waals surface area (Å²) in [6.45, 7) is 11.1. The van der Waals surface area contributed by atoms with Crippen molar-refractivity contribution in [1.82, 2.24) is 0 Å². The molecule has 1 aromatic rings. The minimum absolute atomic E-state index is 0.607. The van der Waals surface area contributed by atoms with Crippen molar-refractivity contribution in [3.63, 3.8) is 0 Å². The number of benzene rings is 1. The van der Waals surface area contributed by atoms with E-state index in [2.05, 4.69) is 56.6 Å². The van der Waals surface area contributed by atoms with E-state index in [1.165, 1.54) is 34.2 Å². The predicted octanol–water partition coefficient (Wildman–Crippen LogP) is 4.64. The van der Waals surface area contributed by atoms with E-state index in [0.717, 1.165) is 6.42 Å². The van der Waals surface area contributed by atoms with Gasteiger partial charge in [0.05, 0.1) is 0 Å². The molecule has 1 unspecified atom stereocenters. The number of alkyl halides is 1. The second kappa shape index (κ2) is 5.16. The molecule has 0 saturated heterocycles. The van der Waals surface area contributed by atoms with Crippen molar-refractivity contribution in [2.75, 3.05) is 0 Å². The molecule has 0 aliphatic heterocycles. The van der Waals surface area contributed by atoms with E-state index in [1.54, 1.807) is 0 Å². The molecule has 1 atom stereocenters.